The van der Waals surface area contributed by atoms with E-state index in [0.29, 0.717) is 31.1 Å². The normalized spacial score (nSPS) is 30.7. The van der Waals surface area contributed by atoms with Crippen molar-refractivity contribution in [3.63, 3.8) is 0 Å². The summed E-state index contributed by atoms with van der Waals surface area (Å²) in [6.45, 7) is 7.78. The highest BCUT2D eigenvalue weighted by Gasteiger charge is 2.40. The average molecular weight is 234 g/mol. The summed E-state index contributed by atoms with van der Waals surface area (Å²) in [5, 5.41) is 8.67. The summed E-state index contributed by atoms with van der Waals surface area (Å²) in [4.78, 5) is 14.4. The highest BCUT2D eigenvalue weighted by molar-refractivity contribution is 5.86. The minimum absolute atomic E-state index is 0.314. The zero-order valence-corrected chi connectivity index (χ0v) is 11.1. The summed E-state index contributed by atoms with van der Waals surface area (Å²) in [6, 6.07) is 2.46. The fraction of sp³-hybridized carbons (Fsp3) is 0.714. The van der Waals surface area contributed by atoms with Crippen LogP contribution in [0.25, 0.3) is 0 Å². The Morgan fingerprint density at radius 1 is 1.65 bits per heavy atom. The quantitative estimate of drug-likeness (QED) is 0.702. The first-order valence-corrected chi connectivity index (χ1v) is 6.29. The summed E-state index contributed by atoms with van der Waals surface area (Å²) >= 11 is 0. The molecule has 2 atom stereocenters. The van der Waals surface area contributed by atoms with Crippen molar-refractivity contribution in [2.45, 2.75) is 46.1 Å². The molecule has 0 N–H and O–H groups in total. The Hall–Kier alpha value is -1.14. The van der Waals surface area contributed by atoms with Gasteiger partial charge in [0, 0.05) is 37.4 Å². The van der Waals surface area contributed by atoms with Crippen molar-refractivity contribution >= 4 is 5.78 Å². The summed E-state index contributed by atoms with van der Waals surface area (Å²) in [6.07, 6.45) is 5.92. The van der Waals surface area contributed by atoms with Crippen molar-refractivity contribution in [1.29, 1.82) is 5.26 Å². The zero-order chi connectivity index (χ0) is 12.9. The monoisotopic (exact) mass is 234 g/mol. The van der Waals surface area contributed by atoms with Gasteiger partial charge in [-0.15, -0.1) is 0 Å². The molecule has 0 bridgehead atoms. The average Bonchev–Trinajstić information content (AvgIpc) is 2.30. The van der Waals surface area contributed by atoms with Crippen molar-refractivity contribution in [3.05, 3.63) is 12.2 Å². The molecule has 3 nitrogen and oxygen atoms in total. The molecular formula is C14H22N2O. The molecule has 0 spiro atoms. The van der Waals surface area contributed by atoms with Gasteiger partial charge in [-0.1, -0.05) is 19.1 Å². The van der Waals surface area contributed by atoms with Crippen LogP contribution in [0, 0.1) is 16.7 Å². The van der Waals surface area contributed by atoms with E-state index >= 15 is 0 Å². The van der Waals surface area contributed by atoms with Crippen LogP contribution in [0.2, 0.25) is 0 Å². The van der Waals surface area contributed by atoms with Crippen molar-refractivity contribution in [2.75, 3.05) is 13.1 Å². The third-order valence-corrected chi connectivity index (χ3v) is 3.69. The largest absolute Gasteiger partial charge is 0.299 e. The lowest BCUT2D eigenvalue weighted by Gasteiger charge is -2.42. The number of likely N-dealkylation sites (tertiary alicyclic amines) is 1. The number of ketones is 1. The molecule has 1 rings (SSSR count). The fourth-order valence-electron chi connectivity index (χ4n) is 2.37. The highest BCUT2D eigenvalue weighted by Crippen LogP contribution is 2.33. The number of nitriles is 1. The van der Waals surface area contributed by atoms with E-state index in [1.165, 1.54) is 0 Å². The van der Waals surface area contributed by atoms with Gasteiger partial charge in [0.25, 0.3) is 0 Å². The number of rotatable bonds is 4. The van der Waals surface area contributed by atoms with E-state index in [1.54, 1.807) is 0 Å². The van der Waals surface area contributed by atoms with Gasteiger partial charge in [0.2, 0.25) is 0 Å². The van der Waals surface area contributed by atoms with Gasteiger partial charge in [0.1, 0.15) is 5.78 Å². The fourth-order valence-corrected chi connectivity index (χ4v) is 2.37. The molecule has 0 aromatic carbocycles. The number of hydrogen-bond acceptors (Lipinski definition) is 3. The summed E-state index contributed by atoms with van der Waals surface area (Å²) < 4.78 is 0. The molecule has 17 heavy (non-hydrogen) atoms. The third kappa shape index (κ3) is 3.41. The Bertz CT molecular complexity index is 343. The Morgan fingerprint density at radius 3 is 2.94 bits per heavy atom. The SMILES string of the molecule is C/C=C/CN1CC(C)(CCC#N)C(=O)CC1C. The topological polar surface area (TPSA) is 44.1 Å². The molecule has 2 unspecified atom stereocenters. The second-order valence-electron chi connectivity index (χ2n) is 5.19. The number of piperidine rings is 1. The molecule has 1 aliphatic rings. The van der Waals surface area contributed by atoms with E-state index < -0.39 is 0 Å². The Balaban J connectivity index is 2.72. The first kappa shape index (κ1) is 13.9. The van der Waals surface area contributed by atoms with Gasteiger partial charge < -0.3 is 0 Å². The highest BCUT2D eigenvalue weighted by atomic mass is 16.1. The molecule has 1 heterocycles. The third-order valence-electron chi connectivity index (χ3n) is 3.69. The lowest BCUT2D eigenvalue weighted by molar-refractivity contribution is -0.135. The van der Waals surface area contributed by atoms with Crippen LogP contribution in [0.5, 0.6) is 0 Å². The second-order valence-corrected chi connectivity index (χ2v) is 5.19. The lowest BCUT2D eigenvalue weighted by Crippen LogP contribution is -2.51. The predicted octanol–water partition coefficient (Wildman–Crippen LogP) is 2.54. The van der Waals surface area contributed by atoms with E-state index in [0.717, 1.165) is 13.1 Å². The van der Waals surface area contributed by atoms with Crippen molar-refractivity contribution in [1.82, 2.24) is 4.90 Å². The van der Waals surface area contributed by atoms with Crippen LogP contribution < -0.4 is 0 Å². The van der Waals surface area contributed by atoms with E-state index in [1.807, 2.05) is 19.9 Å². The maximum atomic E-state index is 12.1. The molecule has 3 heteroatoms. The molecule has 1 saturated heterocycles. The van der Waals surface area contributed by atoms with Gasteiger partial charge in [0.15, 0.2) is 0 Å². The van der Waals surface area contributed by atoms with Crippen molar-refractivity contribution in [2.24, 2.45) is 5.41 Å². The number of hydrogen-bond donors (Lipinski definition) is 0. The Labute approximate surface area is 104 Å². The van der Waals surface area contributed by atoms with Crippen LogP contribution in [0.15, 0.2) is 12.2 Å². The van der Waals surface area contributed by atoms with E-state index in [9.17, 15) is 4.79 Å². The van der Waals surface area contributed by atoms with Crippen LogP contribution >= 0.6 is 0 Å². The number of allylic oxidation sites excluding steroid dienone is 1. The second kappa shape index (κ2) is 5.97. The summed E-state index contributed by atoms with van der Waals surface area (Å²) in [7, 11) is 0. The van der Waals surface area contributed by atoms with Crippen LogP contribution in [0.4, 0.5) is 0 Å². The summed E-state index contributed by atoms with van der Waals surface area (Å²) in [5.41, 5.74) is -0.330. The maximum absolute atomic E-state index is 12.1. The lowest BCUT2D eigenvalue weighted by atomic mass is 9.75. The van der Waals surface area contributed by atoms with Crippen LogP contribution in [0.1, 0.15) is 40.0 Å². The first-order valence-electron chi connectivity index (χ1n) is 6.29. The number of Topliss-reactive ketones (excluding diaryl/α,β-unsaturated/α-hetero) is 1. The van der Waals surface area contributed by atoms with Crippen LogP contribution in [-0.2, 0) is 4.79 Å². The van der Waals surface area contributed by atoms with Gasteiger partial charge >= 0.3 is 0 Å². The molecule has 0 radical (unpaired) electrons. The van der Waals surface area contributed by atoms with Crippen LogP contribution in [0.3, 0.4) is 0 Å². The minimum Gasteiger partial charge on any atom is -0.299 e. The smallest absolute Gasteiger partial charge is 0.141 e. The van der Waals surface area contributed by atoms with Crippen LogP contribution in [-0.4, -0.2) is 29.8 Å². The van der Waals surface area contributed by atoms with Gasteiger partial charge in [0.05, 0.1) is 6.07 Å². The molecule has 94 valence electrons. The van der Waals surface area contributed by atoms with E-state index in [-0.39, 0.29) is 5.41 Å². The first-order chi connectivity index (χ1) is 8.03. The molecular weight excluding hydrogens is 212 g/mol. The number of carbonyl (C=O) groups excluding carboxylic acids is 1. The minimum atomic E-state index is -0.330. The van der Waals surface area contributed by atoms with Gasteiger partial charge in [-0.3, -0.25) is 9.69 Å². The van der Waals surface area contributed by atoms with Gasteiger partial charge in [-0.25, -0.2) is 0 Å². The maximum Gasteiger partial charge on any atom is 0.141 e. The zero-order valence-electron chi connectivity index (χ0n) is 11.1. The molecule has 1 fully saturated rings. The van der Waals surface area contributed by atoms with Crippen molar-refractivity contribution in [3.8, 4) is 6.07 Å². The van der Waals surface area contributed by atoms with E-state index in [4.69, 9.17) is 5.26 Å². The molecule has 0 aromatic rings. The molecule has 0 aliphatic carbocycles. The van der Waals surface area contributed by atoms with Crippen molar-refractivity contribution < 1.29 is 4.79 Å². The number of nitrogens with zero attached hydrogens (tertiary/aromatic N) is 2. The molecule has 1 aliphatic heterocycles. The Morgan fingerprint density at radius 2 is 2.35 bits per heavy atom. The molecule has 0 aromatic heterocycles. The van der Waals surface area contributed by atoms with Gasteiger partial charge in [-0.05, 0) is 20.3 Å². The predicted molar refractivity (Wildman–Crippen MR) is 68.4 cm³/mol. The standard InChI is InChI=1S/C14H22N2O/c1-4-5-9-16-11-14(3,7-6-8-15)13(17)10-12(16)2/h4-5,12H,6-7,9-11H2,1-3H3/b5-4+. The molecule has 0 amide bonds. The summed E-state index contributed by atoms with van der Waals surface area (Å²) in [5.74, 6) is 0.317. The number of carbonyl (C=O) groups is 1. The molecule has 0 saturated carbocycles. The van der Waals surface area contributed by atoms with Gasteiger partial charge in [-0.2, -0.15) is 5.26 Å². The Kier molecular flexibility index (Phi) is 4.89. The van der Waals surface area contributed by atoms with E-state index in [2.05, 4.69) is 24.0 Å².